The fourth-order valence-corrected chi connectivity index (χ4v) is 4.55. The third-order valence-electron chi connectivity index (χ3n) is 6.17. The first-order valence-electron chi connectivity index (χ1n) is 9.96. The average molecular weight is 359 g/mol. The van der Waals surface area contributed by atoms with Crippen LogP contribution in [0.1, 0.15) is 38.5 Å². The van der Waals surface area contributed by atoms with E-state index < -0.39 is 0 Å². The minimum absolute atomic E-state index is 0.113. The first-order chi connectivity index (χ1) is 12.7. The minimum atomic E-state index is 0.113. The second kappa shape index (κ2) is 7.78. The van der Waals surface area contributed by atoms with Crippen molar-refractivity contribution >= 4 is 11.8 Å². The van der Waals surface area contributed by atoms with E-state index in [-0.39, 0.29) is 18.4 Å². The fraction of sp³-hybridized carbons (Fsp3) is 0.737. The number of nitrogens with one attached hydrogen (secondary N) is 1. The molecule has 7 heteroatoms. The SMILES string of the molecule is O=C(CN1C[C@@H]2CC[C@H](CC1=O)N2)N1CCC(CCn2cccn2)CC1. The minimum Gasteiger partial charge on any atom is -0.341 e. The molecule has 1 aromatic rings. The summed E-state index contributed by atoms with van der Waals surface area (Å²) in [5.74, 6) is 0.900. The molecular formula is C19H29N5O2. The zero-order chi connectivity index (χ0) is 17.9. The molecule has 4 rings (SSSR count). The molecule has 1 aromatic heterocycles. The predicted octanol–water partition coefficient (Wildman–Crippen LogP) is 0.865. The lowest BCUT2D eigenvalue weighted by atomic mass is 9.93. The number of carbonyl (C=O) groups excluding carboxylic acids is 2. The molecule has 3 fully saturated rings. The van der Waals surface area contributed by atoms with Gasteiger partial charge in [0.15, 0.2) is 0 Å². The largest absolute Gasteiger partial charge is 0.341 e. The Balaban J connectivity index is 1.22. The van der Waals surface area contributed by atoms with Crippen LogP contribution in [0.15, 0.2) is 18.5 Å². The van der Waals surface area contributed by atoms with Crippen molar-refractivity contribution < 1.29 is 9.59 Å². The highest BCUT2D eigenvalue weighted by atomic mass is 16.2. The number of nitrogens with zero attached hydrogens (tertiary/aromatic N) is 4. The van der Waals surface area contributed by atoms with Crippen molar-refractivity contribution in [2.45, 2.75) is 57.2 Å². The Morgan fingerprint density at radius 1 is 1.19 bits per heavy atom. The molecule has 2 bridgehead atoms. The summed E-state index contributed by atoms with van der Waals surface area (Å²) in [6.07, 6.45) is 9.77. The number of piperidine rings is 1. The van der Waals surface area contributed by atoms with Crippen molar-refractivity contribution in [3.63, 3.8) is 0 Å². The summed E-state index contributed by atoms with van der Waals surface area (Å²) >= 11 is 0. The number of rotatable bonds is 5. The lowest BCUT2D eigenvalue weighted by Crippen LogP contribution is -2.47. The Morgan fingerprint density at radius 2 is 2.00 bits per heavy atom. The molecule has 1 N–H and O–H groups in total. The smallest absolute Gasteiger partial charge is 0.242 e. The molecule has 142 valence electrons. The lowest BCUT2D eigenvalue weighted by molar-refractivity contribution is -0.141. The van der Waals surface area contributed by atoms with E-state index in [4.69, 9.17) is 0 Å². The van der Waals surface area contributed by atoms with Crippen LogP contribution in [0.3, 0.4) is 0 Å². The quantitative estimate of drug-likeness (QED) is 0.847. The highest BCUT2D eigenvalue weighted by molar-refractivity contribution is 5.85. The van der Waals surface area contributed by atoms with Gasteiger partial charge >= 0.3 is 0 Å². The molecule has 4 heterocycles. The third kappa shape index (κ3) is 4.09. The van der Waals surface area contributed by atoms with Gasteiger partial charge in [-0.15, -0.1) is 0 Å². The third-order valence-corrected chi connectivity index (χ3v) is 6.17. The van der Waals surface area contributed by atoms with Crippen LogP contribution in [-0.4, -0.2) is 69.7 Å². The fourth-order valence-electron chi connectivity index (χ4n) is 4.55. The molecule has 2 atom stereocenters. The highest BCUT2D eigenvalue weighted by Gasteiger charge is 2.35. The van der Waals surface area contributed by atoms with Gasteiger partial charge in [0.2, 0.25) is 11.8 Å². The van der Waals surface area contributed by atoms with E-state index >= 15 is 0 Å². The van der Waals surface area contributed by atoms with Crippen molar-refractivity contribution in [1.29, 1.82) is 0 Å². The first kappa shape index (κ1) is 17.5. The monoisotopic (exact) mass is 359 g/mol. The molecule has 3 aliphatic rings. The maximum atomic E-state index is 12.7. The van der Waals surface area contributed by atoms with Crippen molar-refractivity contribution in [3.8, 4) is 0 Å². The van der Waals surface area contributed by atoms with E-state index in [9.17, 15) is 9.59 Å². The number of hydrogen-bond acceptors (Lipinski definition) is 4. The number of fused-ring (bicyclic) bond motifs is 2. The van der Waals surface area contributed by atoms with Crippen LogP contribution in [0.2, 0.25) is 0 Å². The van der Waals surface area contributed by atoms with E-state index in [1.54, 1.807) is 4.90 Å². The number of aromatic nitrogens is 2. The number of aryl methyl sites for hydroxylation is 1. The van der Waals surface area contributed by atoms with E-state index in [1.807, 2.05) is 28.0 Å². The Hall–Kier alpha value is -1.89. The summed E-state index contributed by atoms with van der Waals surface area (Å²) in [7, 11) is 0. The summed E-state index contributed by atoms with van der Waals surface area (Å²) in [6.45, 7) is 3.51. The van der Waals surface area contributed by atoms with Crippen LogP contribution >= 0.6 is 0 Å². The normalized spacial score (nSPS) is 27.0. The maximum Gasteiger partial charge on any atom is 0.242 e. The summed E-state index contributed by atoms with van der Waals surface area (Å²) in [6, 6.07) is 2.64. The van der Waals surface area contributed by atoms with Crippen LogP contribution in [0.25, 0.3) is 0 Å². The second-order valence-corrected chi connectivity index (χ2v) is 8.00. The summed E-state index contributed by atoms with van der Waals surface area (Å²) < 4.78 is 1.98. The second-order valence-electron chi connectivity index (χ2n) is 8.00. The molecule has 0 aromatic carbocycles. The van der Waals surface area contributed by atoms with Gasteiger partial charge < -0.3 is 15.1 Å². The van der Waals surface area contributed by atoms with Crippen LogP contribution in [-0.2, 0) is 16.1 Å². The molecule has 0 radical (unpaired) electrons. The molecule has 0 saturated carbocycles. The van der Waals surface area contributed by atoms with Gasteiger partial charge in [0, 0.05) is 57.1 Å². The van der Waals surface area contributed by atoms with Crippen LogP contribution < -0.4 is 5.32 Å². The molecule has 0 unspecified atom stereocenters. The average Bonchev–Trinajstić information content (AvgIpc) is 3.28. The van der Waals surface area contributed by atoms with Crippen LogP contribution in [0, 0.1) is 5.92 Å². The summed E-state index contributed by atoms with van der Waals surface area (Å²) in [4.78, 5) is 28.8. The maximum absolute atomic E-state index is 12.7. The Kier molecular flexibility index (Phi) is 5.24. The number of carbonyl (C=O) groups is 2. The lowest BCUT2D eigenvalue weighted by Gasteiger charge is -2.34. The molecule has 0 spiro atoms. The number of likely N-dealkylation sites (tertiary alicyclic amines) is 2. The predicted molar refractivity (Wildman–Crippen MR) is 97.3 cm³/mol. The molecular weight excluding hydrogens is 330 g/mol. The molecule has 7 nitrogen and oxygen atoms in total. The van der Waals surface area contributed by atoms with Gasteiger partial charge in [-0.3, -0.25) is 14.3 Å². The standard InChI is InChI=1S/C19H29N5O2/c25-18-12-16-2-3-17(21-16)13-23(18)14-19(26)22-9-4-15(5-10-22)6-11-24-8-1-7-20-24/h1,7-8,15-17,21H,2-6,9-14H2/t16-,17+/m1/s1. The Bertz CT molecular complexity index is 624. The molecule has 26 heavy (non-hydrogen) atoms. The zero-order valence-corrected chi connectivity index (χ0v) is 15.3. The van der Waals surface area contributed by atoms with E-state index in [0.29, 0.717) is 31.0 Å². The number of amides is 2. The van der Waals surface area contributed by atoms with E-state index in [1.165, 1.54) is 0 Å². The first-order valence-corrected chi connectivity index (χ1v) is 9.96. The van der Waals surface area contributed by atoms with Crippen molar-refractivity contribution in [2.75, 3.05) is 26.2 Å². The zero-order valence-electron chi connectivity index (χ0n) is 15.3. The Morgan fingerprint density at radius 3 is 2.77 bits per heavy atom. The Labute approximate surface area is 154 Å². The van der Waals surface area contributed by atoms with Gasteiger partial charge in [-0.2, -0.15) is 5.10 Å². The summed E-state index contributed by atoms with van der Waals surface area (Å²) in [5.41, 5.74) is 0. The summed E-state index contributed by atoms with van der Waals surface area (Å²) in [5, 5.41) is 7.75. The van der Waals surface area contributed by atoms with Crippen LogP contribution in [0.5, 0.6) is 0 Å². The van der Waals surface area contributed by atoms with Crippen molar-refractivity contribution in [2.24, 2.45) is 5.92 Å². The van der Waals surface area contributed by atoms with Gasteiger partial charge in [-0.05, 0) is 44.1 Å². The van der Waals surface area contributed by atoms with Gasteiger partial charge in [0.25, 0.3) is 0 Å². The van der Waals surface area contributed by atoms with Gasteiger partial charge in [-0.1, -0.05) is 0 Å². The van der Waals surface area contributed by atoms with E-state index in [2.05, 4.69) is 10.4 Å². The highest BCUT2D eigenvalue weighted by Crippen LogP contribution is 2.23. The van der Waals surface area contributed by atoms with E-state index in [0.717, 1.165) is 51.7 Å². The topological polar surface area (TPSA) is 70.5 Å². The van der Waals surface area contributed by atoms with Gasteiger partial charge in [-0.25, -0.2) is 0 Å². The molecule has 3 aliphatic heterocycles. The van der Waals surface area contributed by atoms with Crippen molar-refractivity contribution in [3.05, 3.63) is 18.5 Å². The van der Waals surface area contributed by atoms with Gasteiger partial charge in [0.05, 0.1) is 6.54 Å². The molecule has 0 aliphatic carbocycles. The van der Waals surface area contributed by atoms with Gasteiger partial charge in [0.1, 0.15) is 0 Å². The molecule has 3 saturated heterocycles. The molecule has 2 amide bonds. The van der Waals surface area contributed by atoms with Crippen LogP contribution in [0.4, 0.5) is 0 Å². The number of hydrogen-bond donors (Lipinski definition) is 1. The van der Waals surface area contributed by atoms with Crippen molar-refractivity contribution in [1.82, 2.24) is 24.9 Å².